The van der Waals surface area contributed by atoms with E-state index in [-0.39, 0.29) is 10.8 Å². The van der Waals surface area contributed by atoms with Crippen molar-refractivity contribution in [3.05, 3.63) is 69.9 Å². The molecule has 2 heterocycles. The zero-order valence-corrected chi connectivity index (χ0v) is 13.0. The number of rotatable bonds is 4. The van der Waals surface area contributed by atoms with Crippen molar-refractivity contribution in [1.82, 2.24) is 19.3 Å². The van der Waals surface area contributed by atoms with Crippen molar-refractivity contribution in [2.24, 2.45) is 7.05 Å². The van der Waals surface area contributed by atoms with Gasteiger partial charge in [-0.1, -0.05) is 17.7 Å². The van der Waals surface area contributed by atoms with Crippen molar-refractivity contribution < 1.29 is 4.39 Å². The minimum absolute atomic E-state index is 0.0537. The number of imidazole rings is 1. The van der Waals surface area contributed by atoms with Crippen LogP contribution in [0.2, 0.25) is 5.02 Å². The van der Waals surface area contributed by atoms with Crippen molar-refractivity contribution in [3.8, 4) is 5.69 Å². The molecule has 0 radical (unpaired) electrons. The van der Waals surface area contributed by atoms with Gasteiger partial charge in [0, 0.05) is 26.0 Å². The first kappa shape index (κ1) is 15.2. The monoisotopic (exact) mass is 333 g/mol. The number of halogens is 2. The number of hydrogen-bond donors (Lipinski definition) is 1. The summed E-state index contributed by atoms with van der Waals surface area (Å²) in [6.45, 7) is 0.315. The van der Waals surface area contributed by atoms with E-state index in [1.54, 1.807) is 29.1 Å². The second-order valence-corrected chi connectivity index (χ2v) is 5.29. The van der Waals surface area contributed by atoms with E-state index < -0.39 is 5.56 Å². The van der Waals surface area contributed by atoms with E-state index >= 15 is 0 Å². The van der Waals surface area contributed by atoms with E-state index in [1.165, 1.54) is 25.6 Å². The fraction of sp³-hybridized carbons (Fsp3) is 0.133. The first-order chi connectivity index (χ1) is 11.1. The molecule has 0 saturated carbocycles. The number of benzene rings is 1. The van der Waals surface area contributed by atoms with Gasteiger partial charge in [-0.3, -0.25) is 4.79 Å². The molecule has 0 spiro atoms. The minimum atomic E-state index is -0.390. The number of anilines is 1. The Morgan fingerprint density at radius 1 is 1.39 bits per heavy atom. The third kappa shape index (κ3) is 3.09. The molecule has 0 unspecified atom stereocenters. The summed E-state index contributed by atoms with van der Waals surface area (Å²) in [5, 5.41) is 6.93. The van der Waals surface area contributed by atoms with E-state index in [0.717, 1.165) is 4.68 Å². The Labute approximate surface area is 136 Å². The Morgan fingerprint density at radius 2 is 2.22 bits per heavy atom. The highest BCUT2D eigenvalue weighted by molar-refractivity contribution is 6.32. The van der Waals surface area contributed by atoms with Gasteiger partial charge in [0.1, 0.15) is 10.8 Å². The van der Waals surface area contributed by atoms with Crippen molar-refractivity contribution in [3.63, 3.8) is 0 Å². The van der Waals surface area contributed by atoms with Crippen LogP contribution in [0.3, 0.4) is 0 Å². The molecule has 0 fully saturated rings. The SMILES string of the molecule is Cn1ncc(NCc2ccc(-n3ccnc3)c(F)c2)c(Cl)c1=O. The topological polar surface area (TPSA) is 64.7 Å². The zero-order chi connectivity index (χ0) is 16.4. The number of nitrogens with zero attached hydrogens (tertiary/aromatic N) is 4. The van der Waals surface area contributed by atoms with Crippen LogP contribution in [0, 0.1) is 5.82 Å². The largest absolute Gasteiger partial charge is 0.378 e. The second kappa shape index (κ2) is 6.21. The van der Waals surface area contributed by atoms with Gasteiger partial charge in [-0.15, -0.1) is 0 Å². The second-order valence-electron chi connectivity index (χ2n) is 4.91. The maximum absolute atomic E-state index is 14.2. The van der Waals surface area contributed by atoms with E-state index in [0.29, 0.717) is 23.5 Å². The van der Waals surface area contributed by atoms with Gasteiger partial charge in [0.05, 0.1) is 23.9 Å². The van der Waals surface area contributed by atoms with Crippen molar-refractivity contribution in [2.75, 3.05) is 5.32 Å². The lowest BCUT2D eigenvalue weighted by Gasteiger charge is -2.10. The lowest BCUT2D eigenvalue weighted by molar-refractivity contribution is 0.616. The summed E-state index contributed by atoms with van der Waals surface area (Å²) in [7, 11) is 1.52. The van der Waals surface area contributed by atoms with Gasteiger partial charge in [-0.05, 0) is 17.7 Å². The molecule has 0 aliphatic rings. The van der Waals surface area contributed by atoms with Crippen LogP contribution in [0.1, 0.15) is 5.56 Å². The molecular formula is C15H13ClFN5O. The molecule has 0 aliphatic carbocycles. The Morgan fingerprint density at radius 3 is 2.91 bits per heavy atom. The van der Waals surface area contributed by atoms with Crippen molar-refractivity contribution >= 4 is 17.3 Å². The Balaban J connectivity index is 1.78. The average Bonchev–Trinajstić information content (AvgIpc) is 3.06. The zero-order valence-electron chi connectivity index (χ0n) is 12.2. The lowest BCUT2D eigenvalue weighted by atomic mass is 10.2. The molecule has 1 aromatic carbocycles. The summed E-state index contributed by atoms with van der Waals surface area (Å²) in [4.78, 5) is 15.6. The van der Waals surface area contributed by atoms with Gasteiger partial charge < -0.3 is 9.88 Å². The highest BCUT2D eigenvalue weighted by atomic mass is 35.5. The van der Waals surface area contributed by atoms with E-state index in [9.17, 15) is 9.18 Å². The smallest absolute Gasteiger partial charge is 0.287 e. The van der Waals surface area contributed by atoms with Crippen molar-refractivity contribution in [2.45, 2.75) is 6.54 Å². The van der Waals surface area contributed by atoms with Gasteiger partial charge in [0.15, 0.2) is 0 Å². The molecule has 8 heteroatoms. The summed E-state index contributed by atoms with van der Waals surface area (Å²) < 4.78 is 16.9. The van der Waals surface area contributed by atoms with E-state index in [4.69, 9.17) is 11.6 Å². The quantitative estimate of drug-likeness (QED) is 0.796. The van der Waals surface area contributed by atoms with Gasteiger partial charge in [0.2, 0.25) is 0 Å². The number of aromatic nitrogens is 4. The Kier molecular flexibility index (Phi) is 4.12. The molecule has 3 rings (SSSR count). The average molecular weight is 334 g/mol. The summed E-state index contributed by atoms with van der Waals surface area (Å²) in [5.74, 6) is -0.365. The highest BCUT2D eigenvalue weighted by Gasteiger charge is 2.09. The fourth-order valence-electron chi connectivity index (χ4n) is 2.10. The van der Waals surface area contributed by atoms with Crippen LogP contribution < -0.4 is 10.9 Å². The minimum Gasteiger partial charge on any atom is -0.378 e. The van der Waals surface area contributed by atoms with E-state index in [2.05, 4.69) is 15.4 Å². The molecule has 0 amide bonds. The number of aryl methyl sites for hydroxylation is 1. The molecule has 6 nitrogen and oxygen atoms in total. The van der Waals surface area contributed by atoms with Gasteiger partial charge in [0.25, 0.3) is 5.56 Å². The van der Waals surface area contributed by atoms with Gasteiger partial charge in [-0.2, -0.15) is 5.10 Å². The third-order valence-electron chi connectivity index (χ3n) is 3.36. The summed E-state index contributed by atoms with van der Waals surface area (Å²) in [6.07, 6.45) is 6.24. The molecule has 2 aromatic heterocycles. The summed E-state index contributed by atoms with van der Waals surface area (Å²) >= 11 is 5.97. The Hall–Kier alpha value is -2.67. The van der Waals surface area contributed by atoms with Crippen LogP contribution in [0.25, 0.3) is 5.69 Å². The first-order valence-corrected chi connectivity index (χ1v) is 7.16. The molecule has 23 heavy (non-hydrogen) atoms. The Bertz CT molecular complexity index is 891. The number of nitrogens with one attached hydrogen (secondary N) is 1. The summed E-state index contributed by atoms with van der Waals surface area (Å²) in [5.41, 5.74) is 1.15. The van der Waals surface area contributed by atoms with Gasteiger partial charge >= 0.3 is 0 Å². The fourth-order valence-corrected chi connectivity index (χ4v) is 2.34. The third-order valence-corrected chi connectivity index (χ3v) is 3.72. The van der Waals surface area contributed by atoms with Crippen molar-refractivity contribution in [1.29, 1.82) is 0 Å². The maximum Gasteiger partial charge on any atom is 0.287 e. The first-order valence-electron chi connectivity index (χ1n) is 6.78. The van der Waals surface area contributed by atoms with Gasteiger partial charge in [-0.25, -0.2) is 14.1 Å². The van der Waals surface area contributed by atoms with Crippen LogP contribution in [-0.4, -0.2) is 19.3 Å². The highest BCUT2D eigenvalue weighted by Crippen LogP contribution is 2.18. The number of hydrogen-bond acceptors (Lipinski definition) is 4. The van der Waals surface area contributed by atoms with Crippen LogP contribution in [0.15, 0.2) is 47.9 Å². The molecule has 1 N–H and O–H groups in total. The molecule has 0 atom stereocenters. The predicted octanol–water partition coefficient (Wildman–Crippen LogP) is 2.37. The van der Waals surface area contributed by atoms with Crippen LogP contribution >= 0.6 is 11.6 Å². The predicted molar refractivity (Wildman–Crippen MR) is 85.3 cm³/mol. The molecule has 0 aliphatic heterocycles. The molecule has 3 aromatic rings. The van der Waals surface area contributed by atoms with Crippen LogP contribution in [0.4, 0.5) is 10.1 Å². The standard InChI is InChI=1S/C15H13ClFN5O/c1-21-15(23)14(16)12(8-20-21)19-7-10-2-3-13(11(17)6-10)22-5-4-18-9-22/h2-6,8-9,19H,7H2,1H3. The van der Waals surface area contributed by atoms with Crippen LogP contribution in [0.5, 0.6) is 0 Å². The summed E-state index contributed by atoms with van der Waals surface area (Å²) in [6, 6.07) is 4.87. The molecule has 0 bridgehead atoms. The van der Waals surface area contributed by atoms with Crippen LogP contribution in [-0.2, 0) is 13.6 Å². The normalized spacial score (nSPS) is 10.7. The molecule has 0 saturated heterocycles. The lowest BCUT2D eigenvalue weighted by Crippen LogP contribution is -2.21. The maximum atomic E-state index is 14.2. The molecular weight excluding hydrogens is 321 g/mol. The molecule has 118 valence electrons. The van der Waals surface area contributed by atoms with E-state index in [1.807, 2.05) is 0 Å².